The Morgan fingerprint density at radius 3 is 2.80 bits per heavy atom. The van der Waals surface area contributed by atoms with Crippen molar-refractivity contribution in [1.29, 1.82) is 0 Å². The van der Waals surface area contributed by atoms with Gasteiger partial charge in [-0.15, -0.1) is 0 Å². The predicted octanol–water partition coefficient (Wildman–Crippen LogP) is 1.34. The summed E-state index contributed by atoms with van der Waals surface area (Å²) in [5, 5.41) is 11.2. The number of hydrogen-bond donors (Lipinski definition) is 2. The van der Waals surface area contributed by atoms with Gasteiger partial charge < -0.3 is 20.4 Å². The molecule has 1 atom stereocenters. The maximum atomic E-state index is 8.29. The van der Waals surface area contributed by atoms with E-state index in [0.717, 1.165) is 19.4 Å². The van der Waals surface area contributed by atoms with Gasteiger partial charge in [0.05, 0.1) is 12.7 Å². The molecular weight excluding hydrogens is 196 g/mol. The molecule has 0 aliphatic heterocycles. The molecule has 0 rings (SSSR count). The van der Waals surface area contributed by atoms with Gasteiger partial charge in [-0.3, -0.25) is 0 Å². The highest BCUT2D eigenvalue weighted by molar-refractivity contribution is 5.79. The molecule has 0 heterocycles. The maximum Gasteiger partial charge on any atom is 0.139 e. The third kappa shape index (κ3) is 9.49. The number of oxime groups is 1. The topological polar surface area (TPSA) is 77.1 Å². The fourth-order valence-corrected chi connectivity index (χ4v) is 1.07. The number of amidine groups is 1. The van der Waals surface area contributed by atoms with Crippen LogP contribution in [0.15, 0.2) is 5.16 Å². The van der Waals surface area contributed by atoms with E-state index >= 15 is 0 Å². The molecule has 0 amide bonds. The molecule has 15 heavy (non-hydrogen) atoms. The summed E-state index contributed by atoms with van der Waals surface area (Å²) in [5.74, 6) is 0.275. The molecule has 0 bridgehead atoms. The van der Waals surface area contributed by atoms with Crippen LogP contribution in [-0.4, -0.2) is 37.0 Å². The molecule has 0 aromatic rings. The van der Waals surface area contributed by atoms with Crippen molar-refractivity contribution in [2.24, 2.45) is 10.9 Å². The first kappa shape index (κ1) is 14.2. The first-order chi connectivity index (χ1) is 7.20. The van der Waals surface area contributed by atoms with E-state index in [1.165, 1.54) is 0 Å². The number of nitrogens with zero attached hydrogens (tertiary/aromatic N) is 1. The normalized spacial score (nSPS) is 14.1. The summed E-state index contributed by atoms with van der Waals surface area (Å²) in [6.45, 7) is 5.99. The number of ether oxygens (including phenoxy) is 2. The molecule has 5 nitrogen and oxygen atoms in total. The molecule has 90 valence electrons. The molecule has 0 aliphatic carbocycles. The lowest BCUT2D eigenvalue weighted by atomic mass is 10.2. The average molecular weight is 218 g/mol. The fourth-order valence-electron chi connectivity index (χ4n) is 1.07. The summed E-state index contributed by atoms with van der Waals surface area (Å²) in [5.41, 5.74) is 5.32. The highest BCUT2D eigenvalue weighted by Crippen LogP contribution is 1.99. The van der Waals surface area contributed by atoms with Crippen molar-refractivity contribution in [2.45, 2.75) is 39.2 Å². The number of hydrogen-bond acceptors (Lipinski definition) is 4. The van der Waals surface area contributed by atoms with Crippen LogP contribution >= 0.6 is 0 Å². The minimum atomic E-state index is 0.133. The Morgan fingerprint density at radius 1 is 1.47 bits per heavy atom. The lowest BCUT2D eigenvalue weighted by molar-refractivity contribution is -0.00435. The van der Waals surface area contributed by atoms with E-state index < -0.39 is 0 Å². The van der Waals surface area contributed by atoms with Gasteiger partial charge in [-0.05, 0) is 26.7 Å². The largest absolute Gasteiger partial charge is 0.409 e. The summed E-state index contributed by atoms with van der Waals surface area (Å²) >= 11 is 0. The van der Waals surface area contributed by atoms with Gasteiger partial charge in [0.25, 0.3) is 0 Å². The molecule has 3 N–H and O–H groups in total. The Kier molecular flexibility index (Phi) is 9.21. The summed E-state index contributed by atoms with van der Waals surface area (Å²) < 4.78 is 10.7. The van der Waals surface area contributed by atoms with Gasteiger partial charge in [-0.1, -0.05) is 5.16 Å². The summed E-state index contributed by atoms with van der Waals surface area (Å²) in [6, 6.07) is 0. The number of rotatable bonds is 9. The van der Waals surface area contributed by atoms with E-state index in [4.69, 9.17) is 20.4 Å². The Labute approximate surface area is 91.2 Å². The van der Waals surface area contributed by atoms with Gasteiger partial charge in [0.15, 0.2) is 0 Å². The first-order valence-electron chi connectivity index (χ1n) is 5.36. The standard InChI is InChI=1S/C10H22N2O3/c1-3-14-8-9(2)15-7-5-4-6-10(11)12-13/h9,13H,3-8H2,1-2H3,(H2,11,12). The van der Waals surface area contributed by atoms with Gasteiger partial charge in [0, 0.05) is 19.6 Å². The fraction of sp³-hybridized carbons (Fsp3) is 0.900. The third-order valence-corrected chi connectivity index (χ3v) is 1.91. The molecule has 1 unspecified atom stereocenters. The summed E-state index contributed by atoms with van der Waals surface area (Å²) in [4.78, 5) is 0. The van der Waals surface area contributed by atoms with E-state index in [2.05, 4.69) is 5.16 Å². The lowest BCUT2D eigenvalue weighted by Gasteiger charge is -2.12. The zero-order chi connectivity index (χ0) is 11.5. The van der Waals surface area contributed by atoms with Crippen molar-refractivity contribution in [3.8, 4) is 0 Å². The second-order valence-electron chi connectivity index (χ2n) is 3.39. The Morgan fingerprint density at radius 2 is 2.20 bits per heavy atom. The van der Waals surface area contributed by atoms with Crippen molar-refractivity contribution in [1.82, 2.24) is 0 Å². The van der Waals surface area contributed by atoms with E-state index in [9.17, 15) is 0 Å². The summed E-state index contributed by atoms with van der Waals surface area (Å²) in [6.07, 6.45) is 2.53. The van der Waals surface area contributed by atoms with Crippen LogP contribution in [0, 0.1) is 0 Å². The lowest BCUT2D eigenvalue weighted by Crippen LogP contribution is -2.17. The first-order valence-corrected chi connectivity index (χ1v) is 5.36. The van der Waals surface area contributed by atoms with Crippen LogP contribution in [0.2, 0.25) is 0 Å². The van der Waals surface area contributed by atoms with E-state index in [1.807, 2.05) is 13.8 Å². The molecular formula is C10H22N2O3. The molecule has 5 heteroatoms. The third-order valence-electron chi connectivity index (χ3n) is 1.91. The maximum absolute atomic E-state index is 8.29. The zero-order valence-corrected chi connectivity index (χ0v) is 9.61. The monoisotopic (exact) mass is 218 g/mol. The molecule has 0 radical (unpaired) electrons. The second kappa shape index (κ2) is 9.73. The highest BCUT2D eigenvalue weighted by Gasteiger charge is 2.01. The predicted molar refractivity (Wildman–Crippen MR) is 59.2 cm³/mol. The minimum absolute atomic E-state index is 0.133. The molecule has 0 aliphatic rings. The van der Waals surface area contributed by atoms with Crippen LogP contribution in [0.25, 0.3) is 0 Å². The van der Waals surface area contributed by atoms with E-state index in [1.54, 1.807) is 0 Å². The van der Waals surface area contributed by atoms with Crippen LogP contribution in [0.5, 0.6) is 0 Å². The Balaban J connectivity index is 3.23. The SMILES string of the molecule is CCOCC(C)OCCCCC(N)=NO. The van der Waals surface area contributed by atoms with Gasteiger partial charge in [0.2, 0.25) is 0 Å². The van der Waals surface area contributed by atoms with Crippen molar-refractivity contribution in [3.05, 3.63) is 0 Å². The number of nitrogens with two attached hydrogens (primary N) is 1. The van der Waals surface area contributed by atoms with Crippen LogP contribution in [0.4, 0.5) is 0 Å². The van der Waals surface area contributed by atoms with Gasteiger partial charge in [0.1, 0.15) is 5.84 Å². The van der Waals surface area contributed by atoms with Crippen LogP contribution < -0.4 is 5.73 Å². The zero-order valence-electron chi connectivity index (χ0n) is 9.61. The van der Waals surface area contributed by atoms with Crippen LogP contribution in [-0.2, 0) is 9.47 Å². The quantitative estimate of drug-likeness (QED) is 0.201. The molecule has 0 aromatic heterocycles. The number of unbranched alkanes of at least 4 members (excludes halogenated alkanes) is 1. The molecule has 0 aromatic carbocycles. The van der Waals surface area contributed by atoms with Gasteiger partial charge in [-0.2, -0.15) is 0 Å². The smallest absolute Gasteiger partial charge is 0.139 e. The van der Waals surface area contributed by atoms with E-state index in [0.29, 0.717) is 19.6 Å². The van der Waals surface area contributed by atoms with Crippen molar-refractivity contribution in [2.75, 3.05) is 19.8 Å². The Hall–Kier alpha value is -0.810. The molecule has 0 saturated carbocycles. The van der Waals surface area contributed by atoms with Gasteiger partial charge >= 0.3 is 0 Å². The van der Waals surface area contributed by atoms with Crippen LogP contribution in [0.3, 0.4) is 0 Å². The van der Waals surface area contributed by atoms with Crippen molar-refractivity contribution >= 4 is 5.84 Å². The molecule has 0 fully saturated rings. The average Bonchev–Trinajstić information content (AvgIpc) is 2.25. The Bertz CT molecular complexity index is 174. The molecule has 0 saturated heterocycles. The van der Waals surface area contributed by atoms with Gasteiger partial charge in [-0.25, -0.2) is 0 Å². The highest BCUT2D eigenvalue weighted by atomic mass is 16.5. The minimum Gasteiger partial charge on any atom is -0.409 e. The summed E-state index contributed by atoms with van der Waals surface area (Å²) in [7, 11) is 0. The second-order valence-corrected chi connectivity index (χ2v) is 3.39. The van der Waals surface area contributed by atoms with E-state index in [-0.39, 0.29) is 11.9 Å². The van der Waals surface area contributed by atoms with Crippen LogP contribution in [0.1, 0.15) is 33.1 Å². The van der Waals surface area contributed by atoms with Crippen molar-refractivity contribution < 1.29 is 14.7 Å². The molecule has 0 spiro atoms. The van der Waals surface area contributed by atoms with Crippen molar-refractivity contribution in [3.63, 3.8) is 0 Å².